The number of hydrogen-bond acceptors (Lipinski definition) is 4. The second-order valence-electron chi connectivity index (χ2n) is 4.26. The van der Waals surface area contributed by atoms with Crippen molar-refractivity contribution >= 4 is 16.5 Å². The summed E-state index contributed by atoms with van der Waals surface area (Å²) in [4.78, 5) is 4.47. The van der Waals surface area contributed by atoms with E-state index in [1.807, 2.05) is 0 Å². The summed E-state index contributed by atoms with van der Waals surface area (Å²) in [6, 6.07) is 5.25. The number of phenolic OH excluding ortho intramolecular Hbond substituents is 1. The van der Waals surface area contributed by atoms with Crippen molar-refractivity contribution in [2.24, 2.45) is 4.99 Å². The molecule has 1 atom stereocenters. The van der Waals surface area contributed by atoms with E-state index in [9.17, 15) is 9.32 Å². The van der Waals surface area contributed by atoms with Gasteiger partial charge >= 0.3 is 0 Å². The molecular weight excluding hydrogens is 262 g/mol. The number of ether oxygens (including phenoxy) is 1. The molecule has 0 amide bonds. The number of aromatic hydroxyl groups is 1. The first-order valence-electron chi connectivity index (χ1n) is 6.29. The van der Waals surface area contributed by atoms with E-state index in [1.54, 1.807) is 24.5 Å². The van der Waals surface area contributed by atoms with E-state index in [-0.39, 0.29) is 5.75 Å². The van der Waals surface area contributed by atoms with Crippen LogP contribution in [0.3, 0.4) is 0 Å². The van der Waals surface area contributed by atoms with Crippen molar-refractivity contribution in [1.82, 2.24) is 0 Å². The molecule has 0 bridgehead atoms. The van der Waals surface area contributed by atoms with Crippen molar-refractivity contribution in [3.8, 4) is 11.5 Å². The van der Waals surface area contributed by atoms with Gasteiger partial charge in [-0.15, -0.1) is 0 Å². The van der Waals surface area contributed by atoms with Crippen molar-refractivity contribution in [3.05, 3.63) is 23.8 Å². The van der Waals surface area contributed by atoms with E-state index >= 15 is 0 Å². The summed E-state index contributed by atoms with van der Waals surface area (Å²) in [5, 5.41) is 10.1. The molecule has 1 rings (SSSR count). The molecule has 1 N–H and O–H groups in total. The molecule has 0 aliphatic rings. The molecule has 0 radical (unpaired) electrons. The summed E-state index contributed by atoms with van der Waals surface area (Å²) in [5.74, 6) is 0.804. The van der Waals surface area contributed by atoms with Crippen molar-refractivity contribution in [2.45, 2.75) is 19.8 Å². The fourth-order valence-corrected chi connectivity index (χ4v) is 2.33. The van der Waals surface area contributed by atoms with Gasteiger partial charge in [0.05, 0.1) is 18.6 Å². The average molecular weight is 283 g/mol. The highest BCUT2D eigenvalue weighted by atomic mass is 32.2. The van der Waals surface area contributed by atoms with E-state index in [0.29, 0.717) is 29.3 Å². The molecule has 0 aliphatic carbocycles. The van der Waals surface area contributed by atoms with Gasteiger partial charge in [-0.3, -0.25) is 9.20 Å². The number of aliphatic imine (C=N–C) groups is 1. The van der Waals surface area contributed by atoms with Crippen LogP contribution in [0.5, 0.6) is 11.5 Å². The predicted octanol–water partition coefficient (Wildman–Crippen LogP) is 2.37. The molecule has 0 saturated heterocycles. The van der Waals surface area contributed by atoms with E-state index in [2.05, 4.69) is 11.9 Å². The standard InChI is InChI=1S/C14H21NO3S/c1-4-5-9-15-12(10-19(3)17)11-7-6-8-13(18-2)14(11)16/h6-8,16H,4-5,9-10H2,1-3H3. The van der Waals surface area contributed by atoms with E-state index in [0.717, 1.165) is 12.8 Å². The van der Waals surface area contributed by atoms with Crippen LogP contribution in [0.25, 0.3) is 0 Å². The third kappa shape index (κ3) is 4.67. The van der Waals surface area contributed by atoms with Crippen LogP contribution in [0.1, 0.15) is 25.3 Å². The van der Waals surface area contributed by atoms with Gasteiger partial charge in [0.1, 0.15) is 0 Å². The van der Waals surface area contributed by atoms with Gasteiger partial charge in [0, 0.05) is 29.2 Å². The second kappa shape index (κ2) is 7.94. The Hall–Kier alpha value is -1.36. The maximum atomic E-state index is 11.4. The highest BCUT2D eigenvalue weighted by Gasteiger charge is 2.14. The minimum absolute atomic E-state index is 0.0608. The van der Waals surface area contributed by atoms with Crippen molar-refractivity contribution in [2.75, 3.05) is 25.7 Å². The zero-order chi connectivity index (χ0) is 14.3. The van der Waals surface area contributed by atoms with Crippen molar-refractivity contribution in [1.29, 1.82) is 0 Å². The number of unbranched alkanes of at least 4 members (excludes halogenated alkanes) is 1. The number of phenols is 1. The van der Waals surface area contributed by atoms with Crippen LogP contribution in [0, 0.1) is 0 Å². The molecule has 5 heteroatoms. The molecule has 19 heavy (non-hydrogen) atoms. The van der Waals surface area contributed by atoms with Crippen LogP contribution < -0.4 is 4.74 Å². The Labute approximate surface area is 117 Å². The Balaban J connectivity index is 3.09. The molecule has 0 saturated carbocycles. The van der Waals surface area contributed by atoms with Crippen LogP contribution >= 0.6 is 0 Å². The zero-order valence-corrected chi connectivity index (χ0v) is 12.5. The molecule has 1 aromatic carbocycles. The first-order chi connectivity index (χ1) is 9.10. The normalized spacial score (nSPS) is 13.3. The number of methoxy groups -OCH3 is 1. The predicted molar refractivity (Wildman–Crippen MR) is 79.9 cm³/mol. The number of rotatable bonds is 7. The number of para-hydroxylation sites is 1. The quantitative estimate of drug-likeness (QED) is 0.617. The Morgan fingerprint density at radius 3 is 2.79 bits per heavy atom. The Kier molecular flexibility index (Phi) is 6.56. The lowest BCUT2D eigenvalue weighted by molar-refractivity contribution is 0.373. The SMILES string of the molecule is CCCCN=C(CS(C)=O)c1cccc(OC)c1O. The lowest BCUT2D eigenvalue weighted by Gasteiger charge is -2.11. The van der Waals surface area contributed by atoms with Gasteiger partial charge < -0.3 is 9.84 Å². The molecule has 0 spiro atoms. The molecule has 0 fully saturated rings. The third-order valence-electron chi connectivity index (χ3n) is 2.68. The minimum Gasteiger partial charge on any atom is -0.504 e. The molecule has 0 aromatic heterocycles. The van der Waals surface area contributed by atoms with Gasteiger partial charge in [0.15, 0.2) is 11.5 Å². The molecular formula is C14H21NO3S. The van der Waals surface area contributed by atoms with Crippen molar-refractivity contribution < 1.29 is 14.1 Å². The Morgan fingerprint density at radius 2 is 2.21 bits per heavy atom. The fraction of sp³-hybridized carbons (Fsp3) is 0.500. The van der Waals surface area contributed by atoms with Crippen molar-refractivity contribution in [3.63, 3.8) is 0 Å². The first kappa shape index (κ1) is 15.7. The summed E-state index contributed by atoms with van der Waals surface area (Å²) >= 11 is 0. The fourth-order valence-electron chi connectivity index (χ4n) is 1.69. The minimum atomic E-state index is -1.00. The third-order valence-corrected chi connectivity index (χ3v) is 3.36. The smallest absolute Gasteiger partial charge is 0.166 e. The van der Waals surface area contributed by atoms with Gasteiger partial charge in [0.2, 0.25) is 0 Å². The van der Waals surface area contributed by atoms with Gasteiger partial charge in [-0.2, -0.15) is 0 Å². The van der Waals surface area contributed by atoms with Crippen LogP contribution in [0.2, 0.25) is 0 Å². The molecule has 1 unspecified atom stereocenters. The molecule has 4 nitrogen and oxygen atoms in total. The topological polar surface area (TPSA) is 58.9 Å². The van der Waals surface area contributed by atoms with Crippen LogP contribution in [0.15, 0.2) is 23.2 Å². The number of benzene rings is 1. The molecule has 0 heterocycles. The molecule has 0 aliphatic heterocycles. The lowest BCUT2D eigenvalue weighted by atomic mass is 10.1. The highest BCUT2D eigenvalue weighted by molar-refractivity contribution is 7.85. The highest BCUT2D eigenvalue weighted by Crippen LogP contribution is 2.30. The van der Waals surface area contributed by atoms with E-state index < -0.39 is 10.8 Å². The van der Waals surface area contributed by atoms with Gasteiger partial charge in [0.25, 0.3) is 0 Å². The molecule has 1 aromatic rings. The summed E-state index contributed by atoms with van der Waals surface area (Å²) < 4.78 is 16.5. The summed E-state index contributed by atoms with van der Waals surface area (Å²) in [6.07, 6.45) is 3.66. The molecule has 106 valence electrons. The largest absolute Gasteiger partial charge is 0.504 e. The van der Waals surface area contributed by atoms with Crippen LogP contribution in [-0.2, 0) is 10.8 Å². The van der Waals surface area contributed by atoms with Gasteiger partial charge in [-0.05, 0) is 18.6 Å². The van der Waals surface area contributed by atoms with E-state index in [4.69, 9.17) is 4.74 Å². The number of nitrogens with zero attached hydrogens (tertiary/aromatic N) is 1. The Bertz CT molecular complexity index is 472. The summed E-state index contributed by atoms with van der Waals surface area (Å²) in [7, 11) is 0.504. The lowest BCUT2D eigenvalue weighted by Crippen LogP contribution is -2.12. The van der Waals surface area contributed by atoms with E-state index in [1.165, 1.54) is 7.11 Å². The van der Waals surface area contributed by atoms with Crippen LogP contribution in [0.4, 0.5) is 0 Å². The second-order valence-corrected chi connectivity index (χ2v) is 5.69. The zero-order valence-electron chi connectivity index (χ0n) is 11.7. The summed E-state index contributed by atoms with van der Waals surface area (Å²) in [6.45, 7) is 2.77. The van der Waals surface area contributed by atoms with Crippen LogP contribution in [-0.4, -0.2) is 40.7 Å². The van der Waals surface area contributed by atoms with Gasteiger partial charge in [-0.1, -0.05) is 19.4 Å². The van der Waals surface area contributed by atoms with Gasteiger partial charge in [-0.25, -0.2) is 0 Å². The Morgan fingerprint density at radius 1 is 1.47 bits per heavy atom. The monoisotopic (exact) mass is 283 g/mol. The average Bonchev–Trinajstić information content (AvgIpc) is 2.38. The maximum Gasteiger partial charge on any atom is 0.166 e. The maximum absolute atomic E-state index is 11.4. The number of hydrogen-bond donors (Lipinski definition) is 1. The first-order valence-corrected chi connectivity index (χ1v) is 8.02. The summed E-state index contributed by atoms with van der Waals surface area (Å²) in [5.41, 5.74) is 1.27.